The fraction of sp³-hybridized carbons (Fsp3) is 1.00. The first-order valence-corrected chi connectivity index (χ1v) is 20.4. The Labute approximate surface area is 140 Å². The summed E-state index contributed by atoms with van der Waals surface area (Å²) in [6, 6.07) is 5.42. The molecule has 0 aromatic heterocycles. The van der Waals surface area contributed by atoms with Crippen molar-refractivity contribution < 1.29 is 0 Å². The smallest absolute Gasteiger partial charge is 0.111 e. The zero-order valence-electron chi connectivity index (χ0n) is 10.9. The molecule has 0 fully saturated rings. The molecule has 0 aromatic rings. The lowest BCUT2D eigenvalue weighted by Gasteiger charge is -2.21. The molecule has 0 unspecified atom stereocenters. The molecule has 0 radical (unpaired) electrons. The van der Waals surface area contributed by atoms with Crippen LogP contribution in [0.1, 0.15) is 46.0 Å². The second-order valence-corrected chi connectivity index (χ2v) is 34.8. The SMILES string of the molecule is CCCC[Si](Br)(Br)CCC[Si](Br)(Br)CCCC. The summed E-state index contributed by atoms with van der Waals surface area (Å²) < 4.78 is 0. The fourth-order valence-electron chi connectivity index (χ4n) is 1.73. The lowest BCUT2D eigenvalue weighted by molar-refractivity contribution is 0.864. The maximum absolute atomic E-state index is 3.94. The third kappa shape index (κ3) is 11.8. The summed E-state index contributed by atoms with van der Waals surface area (Å²) in [6.45, 7) is 4.54. The molecule has 0 N–H and O–H groups in total. The molecule has 0 heterocycles. The van der Waals surface area contributed by atoms with E-state index in [2.05, 4.69) is 75.0 Å². The van der Waals surface area contributed by atoms with Crippen molar-refractivity contribution in [3.05, 3.63) is 0 Å². The first-order valence-electron chi connectivity index (χ1n) is 6.58. The van der Waals surface area contributed by atoms with Crippen LogP contribution < -0.4 is 0 Å². The van der Waals surface area contributed by atoms with Crippen LogP contribution in [0.3, 0.4) is 0 Å². The molecule has 0 spiro atoms. The van der Waals surface area contributed by atoms with E-state index in [-0.39, 0.29) is 0 Å². The van der Waals surface area contributed by atoms with Crippen molar-refractivity contribution in [1.29, 1.82) is 0 Å². The lowest BCUT2D eigenvalue weighted by atomic mass is 10.4. The van der Waals surface area contributed by atoms with Crippen molar-refractivity contribution >= 4 is 71.8 Å². The minimum atomic E-state index is -1.25. The van der Waals surface area contributed by atoms with E-state index in [1.807, 2.05) is 0 Å². The van der Waals surface area contributed by atoms with E-state index < -0.39 is 10.6 Å². The number of hydrogen-bond donors (Lipinski definition) is 0. The molecule has 0 nitrogen and oxygen atoms in total. The molecule has 17 heavy (non-hydrogen) atoms. The third-order valence-electron chi connectivity index (χ3n) is 2.88. The van der Waals surface area contributed by atoms with Gasteiger partial charge < -0.3 is 0 Å². The van der Waals surface area contributed by atoms with Crippen LogP contribution in [0, 0.1) is 0 Å². The zero-order chi connectivity index (χ0) is 13.4. The molecule has 6 heteroatoms. The van der Waals surface area contributed by atoms with Crippen molar-refractivity contribution in [3.63, 3.8) is 0 Å². The van der Waals surface area contributed by atoms with Crippen LogP contribution in [-0.4, -0.2) is 10.6 Å². The van der Waals surface area contributed by atoms with Gasteiger partial charge in [0.1, 0.15) is 0 Å². The van der Waals surface area contributed by atoms with E-state index >= 15 is 0 Å². The predicted octanol–water partition coefficient (Wildman–Crippen LogP) is 7.44. The molecule has 0 aliphatic heterocycles. The van der Waals surface area contributed by atoms with E-state index in [4.69, 9.17) is 0 Å². The molecule has 0 bridgehead atoms. The normalized spacial score (nSPS) is 13.1. The van der Waals surface area contributed by atoms with Crippen molar-refractivity contribution in [2.24, 2.45) is 0 Å². The number of halogens is 4. The molecule has 0 aliphatic rings. The zero-order valence-corrected chi connectivity index (χ0v) is 19.2. The van der Waals surface area contributed by atoms with Crippen molar-refractivity contribution in [1.82, 2.24) is 0 Å². The van der Waals surface area contributed by atoms with Gasteiger partial charge in [0, 0.05) is 0 Å². The van der Waals surface area contributed by atoms with Gasteiger partial charge in [-0.25, -0.2) is 0 Å². The van der Waals surface area contributed by atoms with E-state index in [1.165, 1.54) is 56.3 Å². The summed E-state index contributed by atoms with van der Waals surface area (Å²) >= 11 is 15.8. The molecule has 0 aromatic carbocycles. The summed E-state index contributed by atoms with van der Waals surface area (Å²) in [5.74, 6) is 0. The Morgan fingerprint density at radius 2 is 0.882 bits per heavy atom. The molecular weight excluding hydrogens is 508 g/mol. The molecular formula is C11H24Br4Si2. The van der Waals surface area contributed by atoms with E-state index in [0.29, 0.717) is 0 Å². The minimum Gasteiger partial charge on any atom is -0.111 e. The molecule has 104 valence electrons. The molecule has 0 saturated heterocycles. The Hall–Kier alpha value is 2.35. The summed E-state index contributed by atoms with van der Waals surface area (Å²) in [4.78, 5) is 0. The van der Waals surface area contributed by atoms with Crippen LogP contribution in [0.2, 0.25) is 24.2 Å². The van der Waals surface area contributed by atoms with Gasteiger partial charge in [-0.15, -0.1) is 61.2 Å². The lowest BCUT2D eigenvalue weighted by Crippen LogP contribution is -2.21. The highest BCUT2D eigenvalue weighted by atomic mass is 79.9. The summed E-state index contributed by atoms with van der Waals surface area (Å²) in [6.07, 6.45) is 6.66. The van der Waals surface area contributed by atoms with Gasteiger partial charge in [0.25, 0.3) is 0 Å². The van der Waals surface area contributed by atoms with Crippen molar-refractivity contribution in [2.75, 3.05) is 0 Å². The molecule has 0 aliphatic carbocycles. The minimum absolute atomic E-state index is 1.25. The van der Waals surface area contributed by atoms with E-state index in [1.54, 1.807) is 0 Å². The van der Waals surface area contributed by atoms with Crippen LogP contribution in [0.25, 0.3) is 0 Å². The van der Waals surface area contributed by atoms with Gasteiger partial charge in [-0.3, -0.25) is 0 Å². The Morgan fingerprint density at radius 3 is 1.18 bits per heavy atom. The van der Waals surface area contributed by atoms with Crippen LogP contribution in [0.4, 0.5) is 0 Å². The first kappa shape index (κ1) is 19.4. The second kappa shape index (κ2) is 10.1. The summed E-state index contributed by atoms with van der Waals surface area (Å²) in [5.41, 5.74) is 0. The molecule has 0 saturated carbocycles. The number of hydrogen-bond acceptors (Lipinski definition) is 0. The Balaban J connectivity index is 3.80. The van der Waals surface area contributed by atoms with Gasteiger partial charge in [-0.1, -0.05) is 46.0 Å². The molecule has 0 amide bonds. The van der Waals surface area contributed by atoms with Gasteiger partial charge in [0.05, 0.1) is 0 Å². The predicted molar refractivity (Wildman–Crippen MR) is 101 cm³/mol. The quantitative estimate of drug-likeness (QED) is 0.203. The van der Waals surface area contributed by atoms with Crippen LogP contribution >= 0.6 is 61.2 Å². The van der Waals surface area contributed by atoms with E-state index in [9.17, 15) is 0 Å². The largest absolute Gasteiger partial charge is 0.201 e. The molecule has 0 rings (SSSR count). The monoisotopic (exact) mass is 528 g/mol. The summed E-state index contributed by atoms with van der Waals surface area (Å²) in [7, 11) is 0. The topological polar surface area (TPSA) is 0 Å². The molecule has 0 atom stereocenters. The standard InChI is InChI=1S/C11H24Br4Si2/c1-3-5-8-16(12,13)10-7-11-17(14,15)9-6-4-2/h3-11H2,1-2H3. The fourth-order valence-corrected chi connectivity index (χ4v) is 12.4. The van der Waals surface area contributed by atoms with Crippen LogP contribution in [-0.2, 0) is 0 Å². The highest BCUT2D eigenvalue weighted by Gasteiger charge is 2.29. The maximum atomic E-state index is 3.94. The number of rotatable bonds is 10. The van der Waals surface area contributed by atoms with Gasteiger partial charge in [0.2, 0.25) is 10.6 Å². The highest BCUT2D eigenvalue weighted by molar-refractivity contribution is 9.51. The van der Waals surface area contributed by atoms with Gasteiger partial charge in [-0.2, -0.15) is 0 Å². The van der Waals surface area contributed by atoms with E-state index in [0.717, 1.165) is 0 Å². The second-order valence-electron chi connectivity index (χ2n) is 4.77. The van der Waals surface area contributed by atoms with Gasteiger partial charge >= 0.3 is 0 Å². The third-order valence-corrected chi connectivity index (χ3v) is 16.7. The maximum Gasteiger partial charge on any atom is 0.201 e. The Kier molecular flexibility index (Phi) is 11.5. The van der Waals surface area contributed by atoms with Crippen molar-refractivity contribution in [2.45, 2.75) is 70.1 Å². The van der Waals surface area contributed by atoms with Crippen LogP contribution in [0.15, 0.2) is 0 Å². The summed E-state index contributed by atoms with van der Waals surface area (Å²) in [5, 5.41) is -2.50. The number of unbranched alkanes of at least 4 members (excludes halogenated alkanes) is 2. The average Bonchev–Trinajstić information content (AvgIpc) is 2.23. The van der Waals surface area contributed by atoms with Crippen LogP contribution in [0.5, 0.6) is 0 Å². The van der Waals surface area contributed by atoms with Gasteiger partial charge in [0.15, 0.2) is 0 Å². The highest BCUT2D eigenvalue weighted by Crippen LogP contribution is 2.38. The first-order chi connectivity index (χ1) is 7.83. The van der Waals surface area contributed by atoms with Crippen molar-refractivity contribution in [3.8, 4) is 0 Å². The Bertz CT molecular complexity index is 178. The Morgan fingerprint density at radius 1 is 0.588 bits per heavy atom. The average molecular weight is 532 g/mol. The van der Waals surface area contributed by atoms with Gasteiger partial charge in [-0.05, 0) is 24.2 Å².